The highest BCUT2D eigenvalue weighted by molar-refractivity contribution is 7.89. The standard InChI is InChI=1S/C13H16F3NO3S/c14-13(15,16)10-2-5-12(6-3-10)21(19,20)17-8-9-1-4-11(18)7-9/h2-3,5-6,9,11,17-18H,1,4,7-8H2. The molecule has 4 nitrogen and oxygen atoms in total. The number of hydrogen-bond donors (Lipinski definition) is 2. The predicted molar refractivity (Wildman–Crippen MR) is 70.0 cm³/mol. The van der Waals surface area contributed by atoms with Gasteiger partial charge >= 0.3 is 6.18 Å². The average Bonchev–Trinajstić information content (AvgIpc) is 2.82. The van der Waals surface area contributed by atoms with Crippen molar-refractivity contribution in [3.63, 3.8) is 0 Å². The zero-order valence-electron chi connectivity index (χ0n) is 11.1. The van der Waals surface area contributed by atoms with Gasteiger partial charge in [0.2, 0.25) is 10.0 Å². The van der Waals surface area contributed by atoms with Crippen molar-refractivity contribution >= 4 is 10.0 Å². The third kappa shape index (κ3) is 4.18. The van der Waals surface area contributed by atoms with Crippen molar-refractivity contribution in [2.24, 2.45) is 5.92 Å². The number of sulfonamides is 1. The minimum atomic E-state index is -4.49. The van der Waals surface area contributed by atoms with Crippen molar-refractivity contribution in [2.45, 2.75) is 36.4 Å². The van der Waals surface area contributed by atoms with Crippen LogP contribution < -0.4 is 4.72 Å². The quantitative estimate of drug-likeness (QED) is 0.892. The fourth-order valence-electron chi connectivity index (χ4n) is 2.37. The Labute approximate surface area is 121 Å². The summed E-state index contributed by atoms with van der Waals surface area (Å²) in [5, 5.41) is 9.37. The Morgan fingerprint density at radius 1 is 1.19 bits per heavy atom. The van der Waals surface area contributed by atoms with E-state index >= 15 is 0 Å². The van der Waals surface area contributed by atoms with Crippen molar-refractivity contribution < 1.29 is 26.7 Å². The number of halogens is 3. The van der Waals surface area contributed by atoms with E-state index < -0.39 is 27.9 Å². The number of aliphatic hydroxyl groups excluding tert-OH is 1. The Bertz CT molecular complexity index is 584. The Morgan fingerprint density at radius 2 is 1.81 bits per heavy atom. The molecule has 0 aliphatic heterocycles. The molecule has 21 heavy (non-hydrogen) atoms. The van der Waals surface area contributed by atoms with Crippen LogP contribution in [0.15, 0.2) is 29.2 Å². The zero-order chi connectivity index (χ0) is 15.7. The molecule has 0 bridgehead atoms. The normalized spacial score (nSPS) is 23.4. The molecule has 1 aromatic carbocycles. The van der Waals surface area contributed by atoms with E-state index in [1.165, 1.54) is 0 Å². The lowest BCUT2D eigenvalue weighted by Gasteiger charge is -2.12. The molecule has 1 aromatic rings. The second-order valence-electron chi connectivity index (χ2n) is 5.21. The molecule has 2 unspecified atom stereocenters. The van der Waals surface area contributed by atoms with Gasteiger partial charge in [0.25, 0.3) is 0 Å². The van der Waals surface area contributed by atoms with Crippen molar-refractivity contribution in [1.29, 1.82) is 0 Å². The predicted octanol–water partition coefficient (Wildman–Crippen LogP) is 2.14. The first-order valence-electron chi connectivity index (χ1n) is 6.53. The molecule has 1 fully saturated rings. The summed E-state index contributed by atoms with van der Waals surface area (Å²) in [6.07, 6.45) is -2.97. The Balaban J connectivity index is 2.02. The van der Waals surface area contributed by atoms with Gasteiger partial charge in [-0.2, -0.15) is 13.2 Å². The van der Waals surface area contributed by atoms with Crippen molar-refractivity contribution in [2.75, 3.05) is 6.54 Å². The first-order valence-corrected chi connectivity index (χ1v) is 8.02. The van der Waals surface area contributed by atoms with E-state index in [2.05, 4.69) is 4.72 Å². The maximum absolute atomic E-state index is 12.4. The lowest BCUT2D eigenvalue weighted by Crippen LogP contribution is -2.28. The molecular formula is C13H16F3NO3S. The van der Waals surface area contributed by atoms with Crippen LogP contribution in [0.2, 0.25) is 0 Å². The Morgan fingerprint density at radius 3 is 2.29 bits per heavy atom. The fraction of sp³-hybridized carbons (Fsp3) is 0.538. The van der Waals surface area contributed by atoms with Crippen LogP contribution >= 0.6 is 0 Å². The van der Waals surface area contributed by atoms with Crippen LogP contribution in [0, 0.1) is 5.92 Å². The average molecular weight is 323 g/mol. The van der Waals surface area contributed by atoms with Crippen LogP contribution in [0.5, 0.6) is 0 Å². The third-order valence-corrected chi connectivity index (χ3v) is 5.01. The van der Waals surface area contributed by atoms with Gasteiger partial charge in [-0.1, -0.05) is 0 Å². The maximum Gasteiger partial charge on any atom is 0.416 e. The number of rotatable bonds is 4. The summed E-state index contributed by atoms with van der Waals surface area (Å²) in [6, 6.07) is 3.37. The van der Waals surface area contributed by atoms with Crippen molar-refractivity contribution in [1.82, 2.24) is 4.72 Å². The van der Waals surface area contributed by atoms with Crippen LogP contribution in [0.25, 0.3) is 0 Å². The molecular weight excluding hydrogens is 307 g/mol. The summed E-state index contributed by atoms with van der Waals surface area (Å²) in [4.78, 5) is -0.200. The topological polar surface area (TPSA) is 66.4 Å². The first kappa shape index (κ1) is 16.3. The van der Waals surface area contributed by atoms with E-state index in [9.17, 15) is 26.7 Å². The molecule has 2 N–H and O–H groups in total. The molecule has 1 aliphatic rings. The molecule has 2 atom stereocenters. The first-order chi connectivity index (χ1) is 9.68. The fourth-order valence-corrected chi connectivity index (χ4v) is 3.48. The van der Waals surface area contributed by atoms with Gasteiger partial charge in [0.05, 0.1) is 16.6 Å². The Hall–Kier alpha value is -1.12. The Kier molecular flexibility index (Phi) is 4.60. The summed E-state index contributed by atoms with van der Waals surface area (Å²) in [5.41, 5.74) is -0.889. The zero-order valence-corrected chi connectivity index (χ0v) is 11.9. The number of aliphatic hydroxyl groups is 1. The van der Waals surface area contributed by atoms with Crippen LogP contribution in [0.1, 0.15) is 24.8 Å². The SMILES string of the molecule is O=S(=O)(NCC1CCC(O)C1)c1ccc(C(F)(F)F)cc1. The molecule has 0 aromatic heterocycles. The molecule has 0 spiro atoms. The summed E-state index contributed by atoms with van der Waals surface area (Å²) >= 11 is 0. The van der Waals surface area contributed by atoms with E-state index in [1.807, 2.05) is 0 Å². The highest BCUT2D eigenvalue weighted by Gasteiger charge is 2.31. The van der Waals surface area contributed by atoms with Crippen molar-refractivity contribution in [3.8, 4) is 0 Å². The molecule has 0 saturated heterocycles. The van der Waals surface area contributed by atoms with Gasteiger partial charge < -0.3 is 5.11 Å². The van der Waals surface area contributed by atoms with E-state index in [4.69, 9.17) is 0 Å². The lowest BCUT2D eigenvalue weighted by molar-refractivity contribution is -0.137. The van der Waals surface area contributed by atoms with Gasteiger partial charge in [-0.3, -0.25) is 0 Å². The minimum absolute atomic E-state index is 0.0595. The van der Waals surface area contributed by atoms with Gasteiger partial charge in [-0.25, -0.2) is 13.1 Å². The summed E-state index contributed by atoms with van der Waals surface area (Å²) in [7, 11) is -3.83. The van der Waals surface area contributed by atoms with Gasteiger partial charge in [0, 0.05) is 6.54 Å². The minimum Gasteiger partial charge on any atom is -0.393 e. The van der Waals surface area contributed by atoms with Crippen molar-refractivity contribution in [3.05, 3.63) is 29.8 Å². The van der Waals surface area contributed by atoms with E-state index in [1.54, 1.807) is 0 Å². The van der Waals surface area contributed by atoms with Crippen LogP contribution in [-0.2, 0) is 16.2 Å². The van der Waals surface area contributed by atoms with Gasteiger partial charge in [0.15, 0.2) is 0 Å². The highest BCUT2D eigenvalue weighted by Crippen LogP contribution is 2.30. The number of nitrogens with one attached hydrogen (secondary N) is 1. The molecule has 1 aliphatic carbocycles. The maximum atomic E-state index is 12.4. The molecule has 0 amide bonds. The van der Waals surface area contributed by atoms with Gasteiger partial charge in [-0.15, -0.1) is 0 Å². The van der Waals surface area contributed by atoms with Crippen LogP contribution in [0.3, 0.4) is 0 Å². The smallest absolute Gasteiger partial charge is 0.393 e. The second-order valence-corrected chi connectivity index (χ2v) is 6.97. The van der Waals surface area contributed by atoms with Crippen LogP contribution in [0.4, 0.5) is 13.2 Å². The largest absolute Gasteiger partial charge is 0.416 e. The van der Waals surface area contributed by atoms with Crippen LogP contribution in [-0.4, -0.2) is 26.2 Å². The number of hydrogen-bond acceptors (Lipinski definition) is 3. The number of benzene rings is 1. The lowest BCUT2D eigenvalue weighted by atomic mass is 10.1. The summed E-state index contributed by atoms with van der Waals surface area (Å²) < 4.78 is 63.6. The van der Waals surface area contributed by atoms with Gasteiger partial charge in [0.1, 0.15) is 0 Å². The second kappa shape index (κ2) is 5.94. The highest BCUT2D eigenvalue weighted by atomic mass is 32.2. The molecule has 0 radical (unpaired) electrons. The van der Waals surface area contributed by atoms with Gasteiger partial charge in [-0.05, 0) is 49.4 Å². The third-order valence-electron chi connectivity index (χ3n) is 3.57. The summed E-state index contributed by atoms with van der Waals surface area (Å²) in [5.74, 6) is 0.0595. The molecule has 2 rings (SSSR count). The molecule has 0 heterocycles. The molecule has 1 saturated carbocycles. The molecule has 118 valence electrons. The van der Waals surface area contributed by atoms with E-state index in [-0.39, 0.29) is 17.4 Å². The monoisotopic (exact) mass is 323 g/mol. The van der Waals surface area contributed by atoms with E-state index in [0.717, 1.165) is 30.7 Å². The summed E-state index contributed by atoms with van der Waals surface area (Å²) in [6.45, 7) is 0.181. The molecule has 8 heteroatoms. The van der Waals surface area contributed by atoms with E-state index in [0.29, 0.717) is 12.8 Å². The number of alkyl halides is 3.